The molecular weight excluding hydrogens is 214 g/mol. The first-order valence-electron chi connectivity index (χ1n) is 4.91. The molecule has 0 spiro atoms. The zero-order valence-corrected chi connectivity index (χ0v) is 10.3. The van der Waals surface area contributed by atoms with E-state index in [0.717, 1.165) is 35.2 Å². The number of aromatic nitrogens is 2. The van der Waals surface area contributed by atoms with Gasteiger partial charge in [0.05, 0.1) is 0 Å². The Morgan fingerprint density at radius 1 is 1.57 bits per heavy atom. The number of nitrogens with two attached hydrogens (primary N) is 1. The number of hydrogen-bond acceptors (Lipinski definition) is 5. The van der Waals surface area contributed by atoms with E-state index in [1.807, 2.05) is 6.92 Å². The van der Waals surface area contributed by atoms with Crippen LogP contribution in [0.3, 0.4) is 0 Å². The summed E-state index contributed by atoms with van der Waals surface area (Å²) in [5.41, 5.74) is 5.82. The van der Waals surface area contributed by atoms with Crippen molar-refractivity contribution in [3.05, 3.63) is 5.82 Å². The van der Waals surface area contributed by atoms with Gasteiger partial charge in [-0.25, -0.2) is 4.98 Å². The predicted molar refractivity (Wildman–Crippen MR) is 62.9 cm³/mol. The molecule has 3 nitrogen and oxygen atoms in total. The zero-order chi connectivity index (χ0) is 10.4. The number of nitrogens with zero attached hydrogens (tertiary/aromatic N) is 2. The second kappa shape index (κ2) is 6.37. The molecule has 14 heavy (non-hydrogen) atoms. The molecule has 0 aromatic carbocycles. The summed E-state index contributed by atoms with van der Waals surface area (Å²) < 4.78 is 5.21. The zero-order valence-electron chi connectivity index (χ0n) is 8.69. The van der Waals surface area contributed by atoms with E-state index in [9.17, 15) is 0 Å². The summed E-state index contributed by atoms with van der Waals surface area (Å²) in [4.78, 5) is 4.29. The minimum Gasteiger partial charge on any atom is -0.328 e. The maximum atomic E-state index is 5.82. The van der Waals surface area contributed by atoms with Crippen molar-refractivity contribution in [3.63, 3.8) is 0 Å². The van der Waals surface area contributed by atoms with E-state index in [2.05, 4.69) is 16.3 Å². The summed E-state index contributed by atoms with van der Waals surface area (Å²) in [6.45, 7) is 4.06. The van der Waals surface area contributed by atoms with Gasteiger partial charge in [-0.05, 0) is 37.7 Å². The Hall–Kier alpha value is -0.130. The third-order valence-corrected chi connectivity index (χ3v) is 3.99. The Balaban J connectivity index is 2.10. The van der Waals surface area contributed by atoms with Crippen LogP contribution in [-0.2, 0) is 0 Å². The van der Waals surface area contributed by atoms with Crippen molar-refractivity contribution in [3.8, 4) is 0 Å². The van der Waals surface area contributed by atoms with Gasteiger partial charge >= 0.3 is 0 Å². The first-order chi connectivity index (χ1) is 6.72. The van der Waals surface area contributed by atoms with Crippen LogP contribution in [0.15, 0.2) is 4.34 Å². The molecule has 0 amide bonds. The van der Waals surface area contributed by atoms with Gasteiger partial charge in [0.15, 0.2) is 4.34 Å². The largest absolute Gasteiger partial charge is 0.328 e. The van der Waals surface area contributed by atoms with Gasteiger partial charge in [-0.3, -0.25) is 0 Å². The maximum absolute atomic E-state index is 5.82. The Morgan fingerprint density at radius 2 is 2.36 bits per heavy atom. The Labute approximate surface area is 93.7 Å². The molecule has 1 rings (SSSR count). The van der Waals surface area contributed by atoms with Gasteiger partial charge in [0.2, 0.25) is 0 Å². The monoisotopic (exact) mass is 231 g/mol. The van der Waals surface area contributed by atoms with Crippen molar-refractivity contribution >= 4 is 23.3 Å². The average Bonchev–Trinajstić information content (AvgIpc) is 2.58. The molecule has 0 aliphatic rings. The van der Waals surface area contributed by atoms with E-state index in [4.69, 9.17) is 5.73 Å². The molecular formula is C9H17N3S2. The van der Waals surface area contributed by atoms with Gasteiger partial charge in [0.1, 0.15) is 5.82 Å². The summed E-state index contributed by atoms with van der Waals surface area (Å²) in [6, 6.07) is 0.367. The van der Waals surface area contributed by atoms with Gasteiger partial charge in [0, 0.05) is 11.8 Å². The molecule has 2 N–H and O–H groups in total. The van der Waals surface area contributed by atoms with Crippen LogP contribution in [0.5, 0.6) is 0 Å². The van der Waals surface area contributed by atoms with Crippen LogP contribution in [0.2, 0.25) is 0 Å². The van der Waals surface area contributed by atoms with Crippen LogP contribution in [0.1, 0.15) is 32.0 Å². The number of aryl methyl sites for hydroxylation is 1. The van der Waals surface area contributed by atoms with Gasteiger partial charge < -0.3 is 5.73 Å². The van der Waals surface area contributed by atoms with E-state index in [-0.39, 0.29) is 0 Å². The van der Waals surface area contributed by atoms with Gasteiger partial charge in [-0.2, -0.15) is 4.37 Å². The van der Waals surface area contributed by atoms with Crippen molar-refractivity contribution in [2.24, 2.45) is 5.73 Å². The lowest BCUT2D eigenvalue weighted by Crippen LogP contribution is -2.18. The predicted octanol–water partition coefficient (Wildman–Crippen LogP) is 2.46. The fraction of sp³-hybridized carbons (Fsp3) is 0.778. The minimum atomic E-state index is 0.367. The molecule has 0 radical (unpaired) electrons. The summed E-state index contributed by atoms with van der Waals surface area (Å²) in [5, 5.41) is 0. The smallest absolute Gasteiger partial charge is 0.170 e. The molecule has 5 heteroatoms. The summed E-state index contributed by atoms with van der Waals surface area (Å²) in [5.74, 6) is 1.98. The Bertz CT molecular complexity index is 262. The van der Waals surface area contributed by atoms with Gasteiger partial charge in [-0.15, -0.1) is 0 Å². The summed E-state index contributed by atoms with van der Waals surface area (Å²) in [6.07, 6.45) is 3.35. The minimum absolute atomic E-state index is 0.367. The maximum Gasteiger partial charge on any atom is 0.170 e. The first kappa shape index (κ1) is 11.9. The molecule has 1 unspecified atom stereocenters. The highest BCUT2D eigenvalue weighted by molar-refractivity contribution is 8.00. The van der Waals surface area contributed by atoms with Crippen LogP contribution in [0.25, 0.3) is 0 Å². The lowest BCUT2D eigenvalue weighted by molar-refractivity contribution is 0.589. The van der Waals surface area contributed by atoms with E-state index < -0.39 is 0 Å². The topological polar surface area (TPSA) is 51.8 Å². The van der Waals surface area contributed by atoms with Crippen molar-refractivity contribution < 1.29 is 0 Å². The highest BCUT2D eigenvalue weighted by atomic mass is 32.2. The van der Waals surface area contributed by atoms with Gasteiger partial charge in [-0.1, -0.05) is 18.7 Å². The second-order valence-electron chi connectivity index (χ2n) is 3.27. The highest BCUT2D eigenvalue weighted by Gasteiger charge is 2.02. The quantitative estimate of drug-likeness (QED) is 0.603. The fourth-order valence-corrected chi connectivity index (χ4v) is 2.72. The fourth-order valence-electron chi connectivity index (χ4n) is 1.05. The SMILES string of the molecule is CCC(N)CCCSc1nc(C)ns1. The van der Waals surface area contributed by atoms with Gasteiger partial charge in [0.25, 0.3) is 0 Å². The molecule has 0 aliphatic heterocycles. The molecule has 0 fully saturated rings. The van der Waals surface area contributed by atoms with Crippen LogP contribution >= 0.6 is 23.3 Å². The average molecular weight is 231 g/mol. The first-order valence-corrected chi connectivity index (χ1v) is 6.67. The molecule has 1 heterocycles. The van der Waals surface area contributed by atoms with Crippen LogP contribution < -0.4 is 5.73 Å². The van der Waals surface area contributed by atoms with E-state index >= 15 is 0 Å². The molecule has 0 saturated heterocycles. The second-order valence-corrected chi connectivity index (χ2v) is 5.36. The van der Waals surface area contributed by atoms with E-state index in [1.54, 1.807) is 11.8 Å². The van der Waals surface area contributed by atoms with Crippen molar-refractivity contribution in [2.45, 2.75) is 43.5 Å². The molecule has 0 saturated carbocycles. The standard InChI is InChI=1S/C9H17N3S2/c1-3-8(10)5-4-6-13-9-11-7(2)12-14-9/h8H,3-6,10H2,1-2H3. The summed E-state index contributed by atoms with van der Waals surface area (Å²) >= 11 is 3.27. The number of thioether (sulfide) groups is 1. The van der Waals surface area contributed by atoms with Crippen LogP contribution in [0, 0.1) is 6.92 Å². The summed E-state index contributed by atoms with van der Waals surface area (Å²) in [7, 11) is 0. The molecule has 0 bridgehead atoms. The number of rotatable bonds is 6. The molecule has 1 atom stereocenters. The number of hydrogen-bond donors (Lipinski definition) is 1. The molecule has 1 aromatic heterocycles. The van der Waals surface area contributed by atoms with Crippen LogP contribution in [-0.4, -0.2) is 21.2 Å². The lowest BCUT2D eigenvalue weighted by Gasteiger charge is -2.06. The normalized spacial score (nSPS) is 13.1. The molecule has 80 valence electrons. The van der Waals surface area contributed by atoms with Crippen molar-refractivity contribution in [1.29, 1.82) is 0 Å². The Kier molecular flexibility index (Phi) is 5.44. The molecule has 1 aromatic rings. The van der Waals surface area contributed by atoms with Crippen LogP contribution in [0.4, 0.5) is 0 Å². The third kappa shape index (κ3) is 4.39. The van der Waals surface area contributed by atoms with Crippen molar-refractivity contribution in [2.75, 3.05) is 5.75 Å². The molecule has 0 aliphatic carbocycles. The third-order valence-electron chi connectivity index (χ3n) is 1.98. The Morgan fingerprint density at radius 3 is 2.93 bits per heavy atom. The van der Waals surface area contributed by atoms with E-state index in [0.29, 0.717) is 6.04 Å². The van der Waals surface area contributed by atoms with Crippen molar-refractivity contribution in [1.82, 2.24) is 9.36 Å². The lowest BCUT2D eigenvalue weighted by atomic mass is 10.1. The highest BCUT2D eigenvalue weighted by Crippen LogP contribution is 2.21. The van der Waals surface area contributed by atoms with E-state index in [1.165, 1.54) is 11.5 Å².